The fourth-order valence-corrected chi connectivity index (χ4v) is 2.92. The zero-order valence-corrected chi connectivity index (χ0v) is 14.4. The molecule has 2 N–H and O–H groups in total. The summed E-state index contributed by atoms with van der Waals surface area (Å²) in [6, 6.07) is 17.7. The van der Waals surface area contributed by atoms with Crippen LogP contribution < -0.4 is 15.4 Å². The molecule has 2 aromatic rings. The van der Waals surface area contributed by atoms with E-state index in [0.717, 1.165) is 16.9 Å². The van der Waals surface area contributed by atoms with Crippen LogP contribution in [0.4, 0.5) is 0 Å². The first-order chi connectivity index (χ1) is 12.3. The van der Waals surface area contributed by atoms with Crippen molar-refractivity contribution in [3.63, 3.8) is 0 Å². The largest absolute Gasteiger partial charge is 0.491 e. The molecule has 0 unspecified atom stereocenters. The predicted molar refractivity (Wildman–Crippen MR) is 97.6 cm³/mol. The number of carbonyl (C=O) groups excluding carboxylic acids is 1. The molecule has 1 aliphatic heterocycles. The summed E-state index contributed by atoms with van der Waals surface area (Å²) in [6.07, 6.45) is -0.117. The molecule has 25 heavy (non-hydrogen) atoms. The molecule has 1 amide bonds. The van der Waals surface area contributed by atoms with Crippen molar-refractivity contribution in [1.29, 1.82) is 0 Å². The van der Waals surface area contributed by atoms with Gasteiger partial charge in [-0.2, -0.15) is 0 Å². The molecule has 5 nitrogen and oxygen atoms in total. The number of hydrogen-bond donors (Lipinski definition) is 2. The van der Waals surface area contributed by atoms with Crippen molar-refractivity contribution < 1.29 is 14.3 Å². The van der Waals surface area contributed by atoms with Gasteiger partial charge in [0.15, 0.2) is 0 Å². The van der Waals surface area contributed by atoms with Crippen molar-refractivity contribution in [3.05, 3.63) is 54.6 Å². The molecule has 0 spiro atoms. The summed E-state index contributed by atoms with van der Waals surface area (Å²) in [5.74, 6) is 0.766. The van der Waals surface area contributed by atoms with Gasteiger partial charge in [0, 0.05) is 12.1 Å². The summed E-state index contributed by atoms with van der Waals surface area (Å²) in [7, 11) is 0. The van der Waals surface area contributed by atoms with Gasteiger partial charge in [-0.05, 0) is 18.6 Å². The van der Waals surface area contributed by atoms with Crippen LogP contribution in [0.5, 0.6) is 5.75 Å². The highest BCUT2D eigenvalue weighted by Crippen LogP contribution is 2.29. The zero-order valence-electron chi connectivity index (χ0n) is 14.4. The minimum Gasteiger partial charge on any atom is -0.491 e. The van der Waals surface area contributed by atoms with E-state index in [4.69, 9.17) is 9.47 Å². The fraction of sp³-hybridized carbons (Fsp3) is 0.350. The minimum absolute atomic E-state index is 0.0489. The van der Waals surface area contributed by atoms with Gasteiger partial charge in [0.25, 0.3) is 0 Å². The first-order valence-corrected chi connectivity index (χ1v) is 8.65. The molecule has 1 saturated heterocycles. The summed E-state index contributed by atoms with van der Waals surface area (Å²) in [5, 5.41) is 6.09. The topological polar surface area (TPSA) is 59.6 Å². The molecular formula is C20H24N2O3. The van der Waals surface area contributed by atoms with E-state index in [1.54, 1.807) is 0 Å². The minimum atomic E-state index is -0.301. The Morgan fingerprint density at radius 2 is 1.96 bits per heavy atom. The molecule has 0 radical (unpaired) electrons. The van der Waals surface area contributed by atoms with Gasteiger partial charge in [-0.1, -0.05) is 48.5 Å². The van der Waals surface area contributed by atoms with Crippen LogP contribution in [-0.2, 0) is 9.53 Å². The third kappa shape index (κ3) is 4.59. The number of nitrogens with one attached hydrogen (secondary N) is 2. The first kappa shape index (κ1) is 17.5. The van der Waals surface area contributed by atoms with Crippen molar-refractivity contribution >= 4 is 5.91 Å². The van der Waals surface area contributed by atoms with Gasteiger partial charge in [0.05, 0.1) is 19.3 Å². The average Bonchev–Trinajstić information content (AvgIpc) is 2.66. The average molecular weight is 340 g/mol. The third-order valence-corrected chi connectivity index (χ3v) is 4.23. The smallest absolute Gasteiger partial charge is 0.239 e. The van der Waals surface area contributed by atoms with Crippen molar-refractivity contribution in [2.45, 2.75) is 19.1 Å². The normalized spacial score (nSPS) is 20.0. The molecular weight excluding hydrogens is 316 g/mol. The molecule has 0 aromatic heterocycles. The zero-order chi connectivity index (χ0) is 17.5. The molecule has 3 rings (SSSR count). The quantitative estimate of drug-likeness (QED) is 0.792. The Morgan fingerprint density at radius 1 is 1.20 bits per heavy atom. The van der Waals surface area contributed by atoms with E-state index in [1.807, 2.05) is 49.4 Å². The van der Waals surface area contributed by atoms with E-state index in [2.05, 4.69) is 22.8 Å². The van der Waals surface area contributed by atoms with Gasteiger partial charge in [0.2, 0.25) is 5.91 Å². The second-order valence-corrected chi connectivity index (χ2v) is 6.01. The van der Waals surface area contributed by atoms with Crippen LogP contribution in [0, 0.1) is 0 Å². The van der Waals surface area contributed by atoms with Crippen LogP contribution >= 0.6 is 0 Å². The van der Waals surface area contributed by atoms with E-state index in [9.17, 15) is 4.79 Å². The number of amides is 1. The summed E-state index contributed by atoms with van der Waals surface area (Å²) < 4.78 is 11.4. The lowest BCUT2D eigenvalue weighted by atomic mass is 10.1. The number of carbonyl (C=O) groups is 1. The highest BCUT2D eigenvalue weighted by molar-refractivity contribution is 5.82. The standard InChI is InChI=1S/C20H24N2O3/c1-15-19(21-11-13-24-15)20(23)22-12-14-25-18-10-6-5-9-17(18)16-7-3-2-4-8-16/h2-10,15,19,21H,11-14H2,1H3,(H,22,23)/t15-,19+/m1/s1. The van der Waals surface area contributed by atoms with Crippen molar-refractivity contribution in [1.82, 2.24) is 10.6 Å². The maximum atomic E-state index is 12.2. The number of para-hydroxylation sites is 1. The maximum Gasteiger partial charge on any atom is 0.239 e. The Morgan fingerprint density at radius 3 is 2.76 bits per heavy atom. The SMILES string of the molecule is C[C@H]1OCCN[C@@H]1C(=O)NCCOc1ccccc1-c1ccccc1. The summed E-state index contributed by atoms with van der Waals surface area (Å²) >= 11 is 0. The predicted octanol–water partition coefficient (Wildman–Crippen LogP) is 2.23. The molecule has 0 aliphatic carbocycles. The Bertz CT molecular complexity index is 690. The van der Waals surface area contributed by atoms with Gasteiger partial charge >= 0.3 is 0 Å². The van der Waals surface area contributed by atoms with Crippen LogP contribution in [0.2, 0.25) is 0 Å². The Labute approximate surface area is 148 Å². The number of ether oxygens (including phenoxy) is 2. The molecule has 1 fully saturated rings. The van der Waals surface area contributed by atoms with E-state index >= 15 is 0 Å². The van der Waals surface area contributed by atoms with E-state index in [-0.39, 0.29) is 18.1 Å². The molecule has 5 heteroatoms. The number of rotatable bonds is 6. The van der Waals surface area contributed by atoms with Gasteiger partial charge in [0.1, 0.15) is 18.4 Å². The van der Waals surface area contributed by atoms with Gasteiger partial charge < -0.3 is 20.1 Å². The Balaban J connectivity index is 1.52. The van der Waals surface area contributed by atoms with Crippen LogP contribution in [0.1, 0.15) is 6.92 Å². The van der Waals surface area contributed by atoms with Gasteiger partial charge in [-0.25, -0.2) is 0 Å². The second-order valence-electron chi connectivity index (χ2n) is 6.01. The van der Waals surface area contributed by atoms with E-state index in [0.29, 0.717) is 26.3 Å². The molecule has 1 heterocycles. The number of benzene rings is 2. The highest BCUT2D eigenvalue weighted by Gasteiger charge is 2.27. The van der Waals surface area contributed by atoms with Crippen LogP contribution in [-0.4, -0.2) is 44.4 Å². The molecule has 132 valence electrons. The molecule has 2 aromatic carbocycles. The third-order valence-electron chi connectivity index (χ3n) is 4.23. The summed E-state index contributed by atoms with van der Waals surface area (Å²) in [5.41, 5.74) is 2.16. The lowest BCUT2D eigenvalue weighted by Gasteiger charge is -2.29. The van der Waals surface area contributed by atoms with Crippen molar-refractivity contribution in [2.24, 2.45) is 0 Å². The van der Waals surface area contributed by atoms with Gasteiger partial charge in [-0.3, -0.25) is 4.79 Å². The lowest BCUT2D eigenvalue weighted by Crippen LogP contribution is -2.55. The van der Waals surface area contributed by atoms with Crippen LogP contribution in [0.3, 0.4) is 0 Å². The first-order valence-electron chi connectivity index (χ1n) is 8.65. The van der Waals surface area contributed by atoms with Gasteiger partial charge in [-0.15, -0.1) is 0 Å². The molecule has 2 atom stereocenters. The Kier molecular flexibility index (Phi) is 6.04. The molecule has 0 saturated carbocycles. The van der Waals surface area contributed by atoms with Crippen molar-refractivity contribution in [3.8, 4) is 16.9 Å². The van der Waals surface area contributed by atoms with E-state index in [1.165, 1.54) is 0 Å². The van der Waals surface area contributed by atoms with Crippen LogP contribution in [0.15, 0.2) is 54.6 Å². The Hall–Kier alpha value is -2.37. The monoisotopic (exact) mass is 340 g/mol. The number of morpholine rings is 1. The highest BCUT2D eigenvalue weighted by atomic mass is 16.5. The molecule has 1 aliphatic rings. The van der Waals surface area contributed by atoms with Crippen molar-refractivity contribution in [2.75, 3.05) is 26.3 Å². The number of hydrogen-bond acceptors (Lipinski definition) is 4. The summed E-state index contributed by atoms with van der Waals surface area (Å²) in [6.45, 7) is 4.11. The maximum absolute atomic E-state index is 12.2. The molecule has 0 bridgehead atoms. The lowest BCUT2D eigenvalue weighted by molar-refractivity contribution is -0.129. The summed E-state index contributed by atoms with van der Waals surface area (Å²) in [4.78, 5) is 12.2. The second kappa shape index (κ2) is 8.65. The van der Waals surface area contributed by atoms with E-state index < -0.39 is 0 Å². The van der Waals surface area contributed by atoms with Crippen LogP contribution in [0.25, 0.3) is 11.1 Å². The fourth-order valence-electron chi connectivity index (χ4n) is 2.92.